The number of rotatable bonds is 0. The minimum atomic E-state index is 0.167. The fourth-order valence-electron chi connectivity index (χ4n) is 0.919. The van der Waals surface area contributed by atoms with Crippen LogP contribution in [0.5, 0.6) is 0 Å². The lowest BCUT2D eigenvalue weighted by Crippen LogP contribution is -1.69. The Bertz CT molecular complexity index is 348. The largest absolute Gasteiger partial charge is 0.300 e. The van der Waals surface area contributed by atoms with Crippen LogP contribution in [0.2, 0.25) is 0 Å². The fraction of sp³-hybridized carbons (Fsp3) is 0.188. The molecule has 0 amide bonds. The zero-order valence-electron chi connectivity index (χ0n) is 10.8. The number of carbonyl (C=O) groups is 1. The first-order valence-electron chi connectivity index (χ1n) is 5.61. The van der Waals surface area contributed by atoms with Gasteiger partial charge in [0.1, 0.15) is 5.78 Å². The van der Waals surface area contributed by atoms with Crippen LogP contribution in [0.25, 0.3) is 0 Å². The van der Waals surface area contributed by atoms with Gasteiger partial charge >= 0.3 is 0 Å². The van der Waals surface area contributed by atoms with Crippen molar-refractivity contribution in [3.8, 4) is 0 Å². The molecule has 2 rings (SSSR count). The summed E-state index contributed by atoms with van der Waals surface area (Å²) < 4.78 is 0. The Morgan fingerprint density at radius 3 is 1.12 bits per heavy atom. The molecular weight excluding hydrogens is 208 g/mol. The maximum Gasteiger partial charge on any atom is 0.126 e. The van der Waals surface area contributed by atoms with Gasteiger partial charge in [-0.05, 0) is 20.8 Å². The Morgan fingerprint density at radius 1 is 0.706 bits per heavy atom. The van der Waals surface area contributed by atoms with E-state index in [-0.39, 0.29) is 5.78 Å². The Hall–Kier alpha value is -1.89. The smallest absolute Gasteiger partial charge is 0.126 e. The summed E-state index contributed by atoms with van der Waals surface area (Å²) in [7, 11) is 0. The quantitative estimate of drug-likeness (QED) is 0.658. The molecule has 2 aromatic carbocycles. The van der Waals surface area contributed by atoms with Gasteiger partial charge in [0, 0.05) is 0 Å². The van der Waals surface area contributed by atoms with Crippen LogP contribution in [0.4, 0.5) is 0 Å². The molecule has 0 bridgehead atoms. The summed E-state index contributed by atoms with van der Waals surface area (Å²) >= 11 is 0. The Morgan fingerprint density at radius 2 is 0.941 bits per heavy atom. The van der Waals surface area contributed by atoms with E-state index >= 15 is 0 Å². The summed E-state index contributed by atoms with van der Waals surface area (Å²) in [5, 5.41) is 0. The van der Waals surface area contributed by atoms with E-state index in [4.69, 9.17) is 0 Å². The lowest BCUT2D eigenvalue weighted by atomic mass is 10.2. The lowest BCUT2D eigenvalue weighted by Gasteiger charge is -1.82. The van der Waals surface area contributed by atoms with E-state index in [2.05, 4.69) is 19.1 Å². The van der Waals surface area contributed by atoms with Gasteiger partial charge in [0.25, 0.3) is 0 Å². The van der Waals surface area contributed by atoms with Crippen LogP contribution in [0, 0.1) is 6.92 Å². The number of ketones is 1. The third-order valence-electron chi connectivity index (χ3n) is 1.61. The van der Waals surface area contributed by atoms with Crippen molar-refractivity contribution in [3.05, 3.63) is 72.3 Å². The van der Waals surface area contributed by atoms with E-state index in [1.807, 2.05) is 54.6 Å². The molecule has 90 valence electrons. The molecular formula is C16H20O. The molecule has 0 heterocycles. The van der Waals surface area contributed by atoms with E-state index in [1.54, 1.807) is 0 Å². The fourth-order valence-corrected chi connectivity index (χ4v) is 0.919. The average molecular weight is 228 g/mol. The van der Waals surface area contributed by atoms with Crippen molar-refractivity contribution < 1.29 is 4.79 Å². The van der Waals surface area contributed by atoms with Crippen molar-refractivity contribution >= 4 is 5.78 Å². The molecule has 0 unspecified atom stereocenters. The monoisotopic (exact) mass is 228 g/mol. The summed E-state index contributed by atoms with van der Waals surface area (Å²) in [6, 6.07) is 22.3. The molecule has 0 radical (unpaired) electrons. The SMILES string of the molecule is CC(C)=O.Cc1ccccc1.c1ccccc1. The molecule has 0 aliphatic rings. The molecule has 0 fully saturated rings. The van der Waals surface area contributed by atoms with Crippen LogP contribution in [-0.2, 0) is 4.79 Å². The lowest BCUT2D eigenvalue weighted by molar-refractivity contribution is -0.114. The predicted octanol–water partition coefficient (Wildman–Crippen LogP) is 4.28. The second kappa shape index (κ2) is 10.6. The highest BCUT2D eigenvalue weighted by Crippen LogP contribution is 1.92. The molecule has 0 aliphatic carbocycles. The Labute approximate surface area is 104 Å². The van der Waals surface area contributed by atoms with Crippen molar-refractivity contribution in [2.75, 3.05) is 0 Å². The summed E-state index contributed by atoms with van der Waals surface area (Å²) in [6.07, 6.45) is 0. The van der Waals surface area contributed by atoms with Gasteiger partial charge in [-0.1, -0.05) is 72.3 Å². The van der Waals surface area contributed by atoms with Crippen LogP contribution in [0.3, 0.4) is 0 Å². The number of hydrogen-bond acceptors (Lipinski definition) is 1. The van der Waals surface area contributed by atoms with Crippen LogP contribution >= 0.6 is 0 Å². The summed E-state index contributed by atoms with van der Waals surface area (Å²) in [6.45, 7) is 5.14. The van der Waals surface area contributed by atoms with Crippen molar-refractivity contribution in [3.63, 3.8) is 0 Å². The minimum Gasteiger partial charge on any atom is -0.300 e. The van der Waals surface area contributed by atoms with E-state index in [0.29, 0.717) is 0 Å². The second-order valence-electron chi connectivity index (χ2n) is 3.72. The van der Waals surface area contributed by atoms with E-state index in [0.717, 1.165) is 0 Å². The van der Waals surface area contributed by atoms with Crippen molar-refractivity contribution in [2.45, 2.75) is 20.8 Å². The van der Waals surface area contributed by atoms with Gasteiger partial charge in [-0.15, -0.1) is 0 Å². The summed E-state index contributed by atoms with van der Waals surface area (Å²) in [5.74, 6) is 0.167. The molecule has 0 saturated heterocycles. The second-order valence-corrected chi connectivity index (χ2v) is 3.72. The minimum absolute atomic E-state index is 0.167. The highest BCUT2D eigenvalue weighted by atomic mass is 16.1. The normalized spacial score (nSPS) is 7.94. The zero-order valence-corrected chi connectivity index (χ0v) is 10.8. The molecule has 0 N–H and O–H groups in total. The van der Waals surface area contributed by atoms with Gasteiger partial charge in [-0.3, -0.25) is 0 Å². The zero-order chi connectivity index (χ0) is 12.9. The number of Topliss-reactive ketones (excluding diaryl/α,β-unsaturated/α-hetero) is 1. The Balaban J connectivity index is 0.000000236. The molecule has 0 atom stereocenters. The van der Waals surface area contributed by atoms with Crippen molar-refractivity contribution in [2.24, 2.45) is 0 Å². The molecule has 0 aromatic heterocycles. The average Bonchev–Trinajstić information content (AvgIpc) is 2.32. The van der Waals surface area contributed by atoms with Crippen LogP contribution in [-0.4, -0.2) is 5.78 Å². The van der Waals surface area contributed by atoms with E-state index in [1.165, 1.54) is 19.4 Å². The number of carbonyl (C=O) groups excluding carboxylic acids is 1. The highest BCUT2D eigenvalue weighted by molar-refractivity contribution is 5.72. The van der Waals surface area contributed by atoms with Gasteiger partial charge in [0.2, 0.25) is 0 Å². The molecule has 0 spiro atoms. The number of hydrogen-bond donors (Lipinski definition) is 0. The molecule has 2 aromatic rings. The molecule has 17 heavy (non-hydrogen) atoms. The van der Waals surface area contributed by atoms with Gasteiger partial charge in [0.15, 0.2) is 0 Å². The van der Waals surface area contributed by atoms with Crippen LogP contribution < -0.4 is 0 Å². The maximum absolute atomic E-state index is 9.44. The van der Waals surface area contributed by atoms with Gasteiger partial charge in [-0.25, -0.2) is 0 Å². The van der Waals surface area contributed by atoms with E-state index < -0.39 is 0 Å². The topological polar surface area (TPSA) is 17.1 Å². The third-order valence-corrected chi connectivity index (χ3v) is 1.61. The molecule has 1 nitrogen and oxygen atoms in total. The first-order chi connectivity index (χ1) is 8.13. The van der Waals surface area contributed by atoms with Crippen LogP contribution in [0.1, 0.15) is 19.4 Å². The Kier molecular flexibility index (Phi) is 9.44. The summed E-state index contributed by atoms with van der Waals surface area (Å²) in [4.78, 5) is 9.44. The number of benzene rings is 2. The van der Waals surface area contributed by atoms with Crippen molar-refractivity contribution in [1.29, 1.82) is 0 Å². The molecule has 0 aliphatic heterocycles. The van der Waals surface area contributed by atoms with Crippen molar-refractivity contribution in [1.82, 2.24) is 0 Å². The highest BCUT2D eigenvalue weighted by Gasteiger charge is 1.72. The first-order valence-corrected chi connectivity index (χ1v) is 5.61. The van der Waals surface area contributed by atoms with E-state index in [9.17, 15) is 4.79 Å². The predicted molar refractivity (Wildman–Crippen MR) is 74.0 cm³/mol. The van der Waals surface area contributed by atoms with Gasteiger partial charge in [-0.2, -0.15) is 0 Å². The standard InChI is InChI=1S/C7H8.C6H6.C3H6O/c1-7-5-3-2-4-6-7;1-2-4-6-5-3-1;1-3(2)4/h2-6H,1H3;1-6H;1-2H3. The third kappa shape index (κ3) is 14.1. The first kappa shape index (κ1) is 15.1. The molecule has 0 saturated carbocycles. The van der Waals surface area contributed by atoms with Crippen LogP contribution in [0.15, 0.2) is 66.7 Å². The maximum atomic E-state index is 9.44. The van der Waals surface area contributed by atoms with Gasteiger partial charge < -0.3 is 4.79 Å². The molecule has 1 heteroatoms. The number of aryl methyl sites for hydroxylation is 1. The summed E-state index contributed by atoms with van der Waals surface area (Å²) in [5.41, 5.74) is 1.32. The van der Waals surface area contributed by atoms with Gasteiger partial charge in [0.05, 0.1) is 0 Å².